The van der Waals surface area contributed by atoms with Crippen molar-refractivity contribution in [2.45, 2.75) is 13.3 Å². The van der Waals surface area contributed by atoms with Crippen molar-refractivity contribution < 1.29 is 9.67 Å². The van der Waals surface area contributed by atoms with Gasteiger partial charge in [0.1, 0.15) is 0 Å². The van der Waals surface area contributed by atoms with E-state index in [2.05, 4.69) is 12.2 Å². The highest BCUT2D eigenvalue weighted by Crippen LogP contribution is 2.19. The summed E-state index contributed by atoms with van der Waals surface area (Å²) >= 11 is 11.5. The smallest absolute Gasteiger partial charge is 0.238 e. The van der Waals surface area contributed by atoms with Crippen molar-refractivity contribution in [2.24, 2.45) is 0 Å². The van der Waals surface area contributed by atoms with Crippen LogP contribution in [0, 0.1) is 0 Å². The molecule has 0 aliphatic carbocycles. The van der Waals surface area contributed by atoms with E-state index in [0.717, 1.165) is 12.1 Å². The third-order valence-electron chi connectivity index (χ3n) is 4.13. The molecular formula is C22H19ClN2OS. The monoisotopic (exact) mass is 394 g/mol. The molecule has 1 aromatic heterocycles. The van der Waals surface area contributed by atoms with Gasteiger partial charge >= 0.3 is 0 Å². The fourth-order valence-electron chi connectivity index (χ4n) is 2.64. The van der Waals surface area contributed by atoms with Gasteiger partial charge in [-0.15, -0.1) is 0 Å². The van der Waals surface area contributed by atoms with Gasteiger partial charge in [-0.2, -0.15) is 4.57 Å². The Balaban J connectivity index is 2.02. The number of rotatable bonds is 5. The number of thiocarbonyl (C=S) groups is 1. The molecule has 3 nitrogen and oxygen atoms in total. The van der Waals surface area contributed by atoms with E-state index < -0.39 is 0 Å². The van der Waals surface area contributed by atoms with Crippen molar-refractivity contribution >= 4 is 46.0 Å². The molecular weight excluding hydrogens is 376 g/mol. The Morgan fingerprint density at radius 2 is 1.63 bits per heavy atom. The second kappa shape index (κ2) is 8.80. The lowest BCUT2D eigenvalue weighted by Gasteiger charge is -2.17. The minimum absolute atomic E-state index is 0.139. The quantitative estimate of drug-likeness (QED) is 0.303. The topological polar surface area (TPSA) is 39.0 Å². The van der Waals surface area contributed by atoms with Crippen LogP contribution in [0.3, 0.4) is 0 Å². The van der Waals surface area contributed by atoms with E-state index in [1.54, 1.807) is 16.7 Å². The molecule has 0 bridgehead atoms. The molecule has 0 aliphatic heterocycles. The highest BCUT2D eigenvalue weighted by molar-refractivity contribution is 7.81. The molecule has 1 heterocycles. The first kappa shape index (κ1) is 19.1. The maximum absolute atomic E-state index is 13.2. The first-order chi connectivity index (χ1) is 13.1. The van der Waals surface area contributed by atoms with Gasteiger partial charge in [0.2, 0.25) is 5.70 Å². The maximum Gasteiger partial charge on any atom is 0.238 e. The summed E-state index contributed by atoms with van der Waals surface area (Å²) in [5, 5.41) is 17.0. The molecule has 3 aromatic rings. The van der Waals surface area contributed by atoms with Crippen LogP contribution in [-0.4, -0.2) is 4.99 Å². The maximum atomic E-state index is 13.2. The van der Waals surface area contributed by atoms with Gasteiger partial charge < -0.3 is 10.4 Å². The Labute approximate surface area is 169 Å². The van der Waals surface area contributed by atoms with Gasteiger partial charge in [-0.1, -0.05) is 61.1 Å². The molecule has 0 atom stereocenters. The zero-order valence-electron chi connectivity index (χ0n) is 14.9. The van der Waals surface area contributed by atoms with Crippen LogP contribution in [0.4, 0.5) is 5.69 Å². The minimum atomic E-state index is -0.139. The van der Waals surface area contributed by atoms with Crippen molar-refractivity contribution in [1.82, 2.24) is 0 Å². The normalized spacial score (nSPS) is 11.6. The Morgan fingerprint density at radius 3 is 2.22 bits per heavy atom. The Bertz CT molecular complexity index is 952. The fraction of sp³-hybridized carbons (Fsp3) is 0.0909. The highest BCUT2D eigenvalue weighted by atomic mass is 35.5. The lowest BCUT2D eigenvalue weighted by molar-refractivity contribution is -0.577. The van der Waals surface area contributed by atoms with Crippen molar-refractivity contribution in [3.05, 3.63) is 95.3 Å². The Hall–Kier alpha value is -2.69. The van der Waals surface area contributed by atoms with Crippen LogP contribution < -0.4 is 15.0 Å². The van der Waals surface area contributed by atoms with E-state index in [0.29, 0.717) is 21.3 Å². The molecule has 0 saturated carbocycles. The number of aromatic nitrogens is 1. The second-order valence-electron chi connectivity index (χ2n) is 5.97. The molecule has 2 aromatic carbocycles. The Kier molecular flexibility index (Phi) is 6.22. The summed E-state index contributed by atoms with van der Waals surface area (Å²) in [5.41, 5.74) is 2.94. The first-order valence-electron chi connectivity index (χ1n) is 8.62. The predicted molar refractivity (Wildman–Crippen MR) is 113 cm³/mol. The van der Waals surface area contributed by atoms with Crippen LogP contribution >= 0.6 is 23.8 Å². The molecule has 0 aliphatic rings. The lowest BCUT2D eigenvalue weighted by atomic mass is 10.1. The number of nitrogens with one attached hydrogen (secondary N) is 1. The molecule has 0 unspecified atom stereocenters. The van der Waals surface area contributed by atoms with Crippen LogP contribution in [0.1, 0.15) is 18.1 Å². The number of hydrogen-bond donors (Lipinski definition) is 1. The first-order valence-corrected chi connectivity index (χ1v) is 9.41. The minimum Gasteiger partial charge on any atom is -0.867 e. The van der Waals surface area contributed by atoms with E-state index in [1.165, 1.54) is 5.56 Å². The largest absolute Gasteiger partial charge is 0.867 e. The third kappa shape index (κ3) is 4.73. The van der Waals surface area contributed by atoms with Gasteiger partial charge in [-0.05, 0) is 47.6 Å². The molecule has 0 spiro atoms. The van der Waals surface area contributed by atoms with E-state index >= 15 is 0 Å². The van der Waals surface area contributed by atoms with Crippen molar-refractivity contribution in [2.75, 3.05) is 5.32 Å². The van der Waals surface area contributed by atoms with Crippen LogP contribution in [0.2, 0.25) is 5.02 Å². The molecule has 1 N–H and O–H groups in total. The summed E-state index contributed by atoms with van der Waals surface area (Å²) in [5.74, 6) is -0.139. The van der Waals surface area contributed by atoms with Gasteiger partial charge in [0.15, 0.2) is 17.4 Å². The van der Waals surface area contributed by atoms with Crippen LogP contribution in [0.15, 0.2) is 79.1 Å². The molecule has 5 heteroatoms. The predicted octanol–water partition coefficient (Wildman–Crippen LogP) is 4.32. The average molecular weight is 395 g/mol. The molecule has 0 fully saturated rings. The standard InChI is InChI=1S/C22H19ClN2OS/c1-2-16-6-8-17(9-7-16)21(26)20(25-14-4-3-5-15-25)22(27)24-19-12-10-18(23)11-13-19/h3-15H,2H2,1H3,(H-,24,26,27). The average Bonchev–Trinajstić information content (AvgIpc) is 2.71. The molecule has 0 radical (unpaired) electrons. The zero-order chi connectivity index (χ0) is 19.2. The van der Waals surface area contributed by atoms with Gasteiger partial charge in [0.05, 0.1) is 0 Å². The summed E-state index contributed by atoms with van der Waals surface area (Å²) in [6.07, 6.45) is 4.54. The van der Waals surface area contributed by atoms with E-state index in [1.807, 2.05) is 67.0 Å². The molecule has 3 rings (SSSR count). The van der Waals surface area contributed by atoms with Crippen molar-refractivity contribution in [1.29, 1.82) is 0 Å². The summed E-state index contributed by atoms with van der Waals surface area (Å²) in [6.45, 7) is 2.08. The summed E-state index contributed by atoms with van der Waals surface area (Å²) in [4.78, 5) is 0.345. The van der Waals surface area contributed by atoms with E-state index in [-0.39, 0.29) is 5.76 Å². The van der Waals surface area contributed by atoms with Gasteiger partial charge in [-0.3, -0.25) is 0 Å². The number of hydrogen-bond acceptors (Lipinski definition) is 2. The van der Waals surface area contributed by atoms with Crippen LogP contribution in [0.5, 0.6) is 0 Å². The zero-order valence-corrected chi connectivity index (χ0v) is 16.4. The number of benzene rings is 2. The molecule has 0 amide bonds. The number of nitrogens with zero attached hydrogens (tertiary/aromatic N) is 1. The van der Waals surface area contributed by atoms with E-state index in [9.17, 15) is 5.11 Å². The van der Waals surface area contributed by atoms with Gasteiger partial charge in [0, 0.05) is 22.8 Å². The van der Waals surface area contributed by atoms with Gasteiger partial charge in [0.25, 0.3) is 0 Å². The number of halogens is 1. The second-order valence-corrected chi connectivity index (χ2v) is 6.82. The fourth-order valence-corrected chi connectivity index (χ4v) is 3.08. The summed E-state index contributed by atoms with van der Waals surface area (Å²) in [6, 6.07) is 20.4. The molecule has 0 saturated heterocycles. The van der Waals surface area contributed by atoms with E-state index in [4.69, 9.17) is 23.8 Å². The SMILES string of the molecule is CCc1ccc(C([O-])=C(C(=S)Nc2ccc(Cl)cc2)[n+]2ccccc2)cc1. The Morgan fingerprint density at radius 1 is 1.00 bits per heavy atom. The number of aryl methyl sites for hydroxylation is 1. The lowest BCUT2D eigenvalue weighted by Crippen LogP contribution is -2.39. The van der Waals surface area contributed by atoms with Crippen LogP contribution in [0.25, 0.3) is 11.5 Å². The van der Waals surface area contributed by atoms with Crippen LogP contribution in [-0.2, 0) is 6.42 Å². The van der Waals surface area contributed by atoms with Crippen molar-refractivity contribution in [3.63, 3.8) is 0 Å². The number of anilines is 1. The number of pyridine rings is 1. The van der Waals surface area contributed by atoms with Gasteiger partial charge in [-0.25, -0.2) is 0 Å². The summed E-state index contributed by atoms with van der Waals surface area (Å²) < 4.78 is 1.74. The molecule has 27 heavy (non-hydrogen) atoms. The highest BCUT2D eigenvalue weighted by Gasteiger charge is 2.18. The third-order valence-corrected chi connectivity index (χ3v) is 4.68. The molecule has 136 valence electrons. The van der Waals surface area contributed by atoms with Crippen molar-refractivity contribution in [3.8, 4) is 0 Å². The summed E-state index contributed by atoms with van der Waals surface area (Å²) in [7, 11) is 0.